The number of hydrogen-bond acceptors (Lipinski definition) is 2. The normalized spacial score (nSPS) is 10.8. The van der Waals surface area contributed by atoms with Crippen LogP contribution in [0.3, 0.4) is 0 Å². The highest BCUT2D eigenvalue weighted by Gasteiger charge is 2.18. The third kappa shape index (κ3) is 3.28. The summed E-state index contributed by atoms with van der Waals surface area (Å²) in [5, 5.41) is 0. The second kappa shape index (κ2) is 6.71. The van der Waals surface area contributed by atoms with Gasteiger partial charge in [-0.3, -0.25) is 0 Å². The van der Waals surface area contributed by atoms with Crippen LogP contribution in [0.4, 0.5) is 10.2 Å². The minimum atomic E-state index is -0.327. The molecular formula is C16H18ClFN2. The number of rotatable bonds is 5. The summed E-state index contributed by atoms with van der Waals surface area (Å²) in [5.74, 6) is 0.188. The molecule has 0 spiro atoms. The standard InChI is InChI=1S/C16H18ClFN2/c1-12(2)20(11-13-6-4-3-5-7-13)16-15(18)14(10-17)8-9-19-16/h3-9,12H,10-11H2,1-2H3. The van der Waals surface area contributed by atoms with E-state index in [9.17, 15) is 4.39 Å². The first-order valence-corrected chi connectivity index (χ1v) is 7.17. The quantitative estimate of drug-likeness (QED) is 0.761. The van der Waals surface area contributed by atoms with E-state index in [0.717, 1.165) is 5.56 Å². The van der Waals surface area contributed by atoms with Crippen molar-refractivity contribution < 1.29 is 4.39 Å². The van der Waals surface area contributed by atoms with Crippen LogP contribution >= 0.6 is 11.6 Å². The lowest BCUT2D eigenvalue weighted by Gasteiger charge is -2.28. The van der Waals surface area contributed by atoms with Gasteiger partial charge in [0.25, 0.3) is 0 Å². The predicted octanol–water partition coefficient (Wildman–Crippen LogP) is 4.37. The molecule has 0 amide bonds. The number of benzene rings is 1. The lowest BCUT2D eigenvalue weighted by Crippen LogP contribution is -2.32. The molecule has 2 nitrogen and oxygen atoms in total. The maximum atomic E-state index is 14.4. The molecule has 1 aromatic heterocycles. The van der Waals surface area contributed by atoms with Gasteiger partial charge >= 0.3 is 0 Å². The molecule has 1 heterocycles. The van der Waals surface area contributed by atoms with Crippen molar-refractivity contribution in [3.8, 4) is 0 Å². The van der Waals surface area contributed by atoms with Crippen molar-refractivity contribution >= 4 is 17.4 Å². The van der Waals surface area contributed by atoms with Crippen LogP contribution < -0.4 is 4.90 Å². The Kier molecular flexibility index (Phi) is 4.96. The number of nitrogens with zero attached hydrogens (tertiary/aromatic N) is 2. The highest BCUT2D eigenvalue weighted by Crippen LogP contribution is 2.24. The van der Waals surface area contributed by atoms with Crippen LogP contribution in [0.5, 0.6) is 0 Å². The Morgan fingerprint density at radius 2 is 1.90 bits per heavy atom. The van der Waals surface area contributed by atoms with Gasteiger partial charge in [0, 0.05) is 24.3 Å². The molecule has 4 heteroatoms. The van der Waals surface area contributed by atoms with Crippen LogP contribution in [0.15, 0.2) is 42.6 Å². The first kappa shape index (κ1) is 14.8. The number of halogens is 2. The summed E-state index contributed by atoms with van der Waals surface area (Å²) < 4.78 is 14.4. The van der Waals surface area contributed by atoms with Gasteiger partial charge in [0.05, 0.1) is 5.88 Å². The molecule has 0 radical (unpaired) electrons. The van der Waals surface area contributed by atoms with Crippen molar-refractivity contribution in [3.05, 3.63) is 59.5 Å². The molecule has 1 aromatic carbocycles. The summed E-state index contributed by atoms with van der Waals surface area (Å²) >= 11 is 5.76. The van der Waals surface area contributed by atoms with Gasteiger partial charge in [-0.1, -0.05) is 30.3 Å². The van der Waals surface area contributed by atoms with Gasteiger partial charge < -0.3 is 4.90 Å². The summed E-state index contributed by atoms with van der Waals surface area (Å²) in [5.41, 5.74) is 1.61. The molecule has 2 rings (SSSR count). The monoisotopic (exact) mass is 292 g/mol. The average Bonchev–Trinajstić information content (AvgIpc) is 2.46. The van der Waals surface area contributed by atoms with Gasteiger partial charge in [-0.05, 0) is 25.5 Å². The molecule has 106 valence electrons. The Balaban J connectivity index is 2.34. The Morgan fingerprint density at radius 3 is 2.50 bits per heavy atom. The topological polar surface area (TPSA) is 16.1 Å². The molecule has 0 saturated carbocycles. The van der Waals surface area contributed by atoms with E-state index >= 15 is 0 Å². The van der Waals surface area contributed by atoms with Crippen LogP contribution in [-0.2, 0) is 12.4 Å². The first-order valence-electron chi connectivity index (χ1n) is 6.63. The molecule has 0 atom stereocenters. The molecule has 0 saturated heterocycles. The van der Waals surface area contributed by atoms with Crippen molar-refractivity contribution in [1.29, 1.82) is 0 Å². The molecule has 0 aliphatic rings. The second-order valence-corrected chi connectivity index (χ2v) is 5.22. The largest absolute Gasteiger partial charge is 0.347 e. The summed E-state index contributed by atoms with van der Waals surface area (Å²) in [6, 6.07) is 11.7. The Labute approximate surface area is 124 Å². The van der Waals surface area contributed by atoms with E-state index in [1.165, 1.54) is 0 Å². The number of anilines is 1. The number of alkyl halides is 1. The van der Waals surface area contributed by atoms with E-state index in [4.69, 9.17) is 11.6 Å². The van der Waals surface area contributed by atoms with Crippen molar-refractivity contribution in [3.63, 3.8) is 0 Å². The molecular weight excluding hydrogens is 275 g/mol. The Hall–Kier alpha value is -1.61. The predicted molar refractivity (Wildman–Crippen MR) is 81.5 cm³/mol. The van der Waals surface area contributed by atoms with Crippen molar-refractivity contribution in [2.24, 2.45) is 0 Å². The second-order valence-electron chi connectivity index (χ2n) is 4.95. The highest BCUT2D eigenvalue weighted by atomic mass is 35.5. The smallest absolute Gasteiger partial charge is 0.170 e. The molecule has 0 bridgehead atoms. The fraction of sp³-hybridized carbons (Fsp3) is 0.312. The van der Waals surface area contributed by atoms with Crippen LogP contribution in [-0.4, -0.2) is 11.0 Å². The summed E-state index contributed by atoms with van der Waals surface area (Å²) in [6.07, 6.45) is 1.61. The molecule has 2 aromatic rings. The van der Waals surface area contributed by atoms with Crippen molar-refractivity contribution in [2.45, 2.75) is 32.3 Å². The van der Waals surface area contributed by atoms with E-state index in [1.807, 2.05) is 49.1 Å². The minimum absolute atomic E-state index is 0.141. The van der Waals surface area contributed by atoms with Crippen LogP contribution in [0, 0.1) is 5.82 Å². The molecule has 0 fully saturated rings. The van der Waals surface area contributed by atoms with E-state index < -0.39 is 0 Å². The third-order valence-electron chi connectivity index (χ3n) is 3.19. The molecule has 0 aliphatic carbocycles. The fourth-order valence-corrected chi connectivity index (χ4v) is 2.26. The molecule has 20 heavy (non-hydrogen) atoms. The van der Waals surface area contributed by atoms with Crippen LogP contribution in [0.2, 0.25) is 0 Å². The van der Waals surface area contributed by atoms with Crippen LogP contribution in [0.1, 0.15) is 25.0 Å². The lowest BCUT2D eigenvalue weighted by atomic mass is 10.1. The zero-order valence-corrected chi connectivity index (χ0v) is 12.4. The average molecular weight is 293 g/mol. The minimum Gasteiger partial charge on any atom is -0.347 e. The molecule has 0 N–H and O–H groups in total. The lowest BCUT2D eigenvalue weighted by molar-refractivity contribution is 0.580. The first-order chi connectivity index (χ1) is 9.63. The van der Waals surface area contributed by atoms with E-state index in [1.54, 1.807) is 12.3 Å². The highest BCUT2D eigenvalue weighted by molar-refractivity contribution is 6.17. The summed E-state index contributed by atoms with van der Waals surface area (Å²) in [7, 11) is 0. The van der Waals surface area contributed by atoms with Gasteiger partial charge in [0.15, 0.2) is 11.6 Å². The van der Waals surface area contributed by atoms with Crippen molar-refractivity contribution in [1.82, 2.24) is 4.98 Å². The van der Waals surface area contributed by atoms with Crippen molar-refractivity contribution in [2.75, 3.05) is 4.90 Å². The number of aromatic nitrogens is 1. The molecule has 0 unspecified atom stereocenters. The summed E-state index contributed by atoms with van der Waals surface area (Å²) in [4.78, 5) is 6.14. The maximum absolute atomic E-state index is 14.4. The third-order valence-corrected chi connectivity index (χ3v) is 3.47. The van der Waals surface area contributed by atoms with E-state index in [0.29, 0.717) is 17.9 Å². The van der Waals surface area contributed by atoms with Gasteiger partial charge in [-0.15, -0.1) is 11.6 Å². The SMILES string of the molecule is CC(C)N(Cc1ccccc1)c1nccc(CCl)c1F. The Morgan fingerprint density at radius 1 is 1.20 bits per heavy atom. The van der Waals surface area contributed by atoms with Gasteiger partial charge in [-0.2, -0.15) is 0 Å². The van der Waals surface area contributed by atoms with Crippen LogP contribution in [0.25, 0.3) is 0 Å². The van der Waals surface area contributed by atoms with E-state index in [2.05, 4.69) is 4.98 Å². The fourth-order valence-electron chi connectivity index (χ4n) is 2.06. The summed E-state index contributed by atoms with van der Waals surface area (Å²) in [6.45, 7) is 4.67. The van der Waals surface area contributed by atoms with E-state index in [-0.39, 0.29) is 17.7 Å². The maximum Gasteiger partial charge on any atom is 0.170 e. The Bertz CT molecular complexity index is 558. The van der Waals surface area contributed by atoms with Gasteiger partial charge in [0.2, 0.25) is 0 Å². The zero-order chi connectivity index (χ0) is 14.5. The van der Waals surface area contributed by atoms with Gasteiger partial charge in [-0.25, -0.2) is 9.37 Å². The number of hydrogen-bond donors (Lipinski definition) is 0. The molecule has 0 aliphatic heterocycles. The van der Waals surface area contributed by atoms with Gasteiger partial charge in [0.1, 0.15) is 0 Å². The zero-order valence-electron chi connectivity index (χ0n) is 11.7. The number of pyridine rings is 1.